The van der Waals surface area contributed by atoms with Crippen molar-refractivity contribution >= 4 is 11.6 Å². The van der Waals surface area contributed by atoms with Crippen LogP contribution in [0.5, 0.6) is 5.88 Å². The molecule has 0 atom stereocenters. The fraction of sp³-hybridized carbons (Fsp3) is 0.235. The lowest BCUT2D eigenvalue weighted by molar-refractivity contribution is -0.114. The minimum absolute atomic E-state index is 0.129. The smallest absolute Gasteiger partial charge is 0.231 e. The highest BCUT2D eigenvalue weighted by Gasteiger charge is 2.16. The monoisotopic (exact) mass is 295 g/mol. The van der Waals surface area contributed by atoms with Gasteiger partial charge in [0.2, 0.25) is 11.8 Å². The second-order valence-electron chi connectivity index (χ2n) is 4.96. The average Bonchev–Trinajstić information content (AvgIpc) is 2.46. The molecule has 22 heavy (non-hydrogen) atoms. The number of pyridine rings is 1. The molecule has 0 unspecified atom stereocenters. The summed E-state index contributed by atoms with van der Waals surface area (Å²) in [5.74, 6) is 0.204. The first-order valence-electron chi connectivity index (χ1n) is 6.81. The molecule has 0 saturated carbocycles. The zero-order chi connectivity index (χ0) is 16.3. The van der Waals surface area contributed by atoms with E-state index in [0.717, 1.165) is 22.4 Å². The van der Waals surface area contributed by atoms with Gasteiger partial charge in [-0.25, -0.2) is 4.98 Å². The van der Waals surface area contributed by atoms with E-state index in [-0.39, 0.29) is 5.91 Å². The van der Waals surface area contributed by atoms with E-state index in [4.69, 9.17) is 4.74 Å². The van der Waals surface area contributed by atoms with E-state index < -0.39 is 0 Å². The Hall–Kier alpha value is -2.87. The van der Waals surface area contributed by atoms with Gasteiger partial charge in [0.15, 0.2) is 0 Å². The summed E-state index contributed by atoms with van der Waals surface area (Å²) in [5.41, 5.74) is 4.49. The van der Waals surface area contributed by atoms with Gasteiger partial charge >= 0.3 is 0 Å². The molecular formula is C17H17N3O2. The molecule has 2 rings (SSSR count). The number of ether oxygens (including phenoxy) is 1. The summed E-state index contributed by atoms with van der Waals surface area (Å²) in [6.07, 6.45) is 0. The largest absolute Gasteiger partial charge is 0.480 e. The van der Waals surface area contributed by atoms with E-state index >= 15 is 0 Å². The summed E-state index contributed by atoms with van der Waals surface area (Å²) in [6, 6.07) is 9.61. The van der Waals surface area contributed by atoms with E-state index in [9.17, 15) is 10.1 Å². The van der Waals surface area contributed by atoms with Crippen LogP contribution in [0.3, 0.4) is 0 Å². The fourth-order valence-electron chi connectivity index (χ4n) is 2.48. The highest BCUT2D eigenvalue weighted by atomic mass is 16.5. The first-order chi connectivity index (χ1) is 10.5. The molecule has 1 aromatic carbocycles. The van der Waals surface area contributed by atoms with Crippen molar-refractivity contribution in [2.75, 3.05) is 12.4 Å². The third-order valence-electron chi connectivity index (χ3n) is 3.37. The third-order valence-corrected chi connectivity index (χ3v) is 3.37. The molecule has 5 nitrogen and oxygen atoms in total. The lowest BCUT2D eigenvalue weighted by Crippen LogP contribution is -2.06. The molecule has 1 N–H and O–H groups in total. The Morgan fingerprint density at radius 3 is 2.68 bits per heavy atom. The maximum atomic E-state index is 11.2. The van der Waals surface area contributed by atoms with Gasteiger partial charge in [0, 0.05) is 23.9 Å². The predicted octanol–water partition coefficient (Wildman–Crippen LogP) is 3.20. The average molecular weight is 295 g/mol. The minimum atomic E-state index is -0.129. The number of carbonyl (C=O) groups is 1. The highest BCUT2D eigenvalue weighted by molar-refractivity contribution is 5.89. The molecule has 2 aromatic rings. The predicted molar refractivity (Wildman–Crippen MR) is 84.7 cm³/mol. The molecule has 0 aliphatic rings. The van der Waals surface area contributed by atoms with Crippen molar-refractivity contribution in [1.82, 2.24) is 4.98 Å². The summed E-state index contributed by atoms with van der Waals surface area (Å²) in [7, 11) is 1.50. The second-order valence-corrected chi connectivity index (χ2v) is 4.96. The molecular weight excluding hydrogens is 278 g/mol. The molecule has 0 aliphatic carbocycles. The lowest BCUT2D eigenvalue weighted by atomic mass is 9.96. The van der Waals surface area contributed by atoms with Crippen LogP contribution in [0.4, 0.5) is 5.69 Å². The maximum absolute atomic E-state index is 11.2. The minimum Gasteiger partial charge on any atom is -0.480 e. The summed E-state index contributed by atoms with van der Waals surface area (Å²) >= 11 is 0. The molecule has 0 spiro atoms. The normalized spacial score (nSPS) is 9.95. The number of rotatable bonds is 3. The van der Waals surface area contributed by atoms with Crippen LogP contribution < -0.4 is 10.1 Å². The summed E-state index contributed by atoms with van der Waals surface area (Å²) in [4.78, 5) is 15.6. The molecule has 0 aliphatic heterocycles. The van der Waals surface area contributed by atoms with Gasteiger partial charge in [-0.2, -0.15) is 5.26 Å². The molecule has 5 heteroatoms. The number of benzene rings is 1. The van der Waals surface area contributed by atoms with E-state index in [1.165, 1.54) is 14.0 Å². The van der Waals surface area contributed by atoms with Gasteiger partial charge in [0.1, 0.15) is 11.6 Å². The zero-order valence-corrected chi connectivity index (χ0v) is 13.0. The molecule has 0 fully saturated rings. The molecule has 1 aromatic heterocycles. The number of hydrogen-bond acceptors (Lipinski definition) is 4. The van der Waals surface area contributed by atoms with E-state index in [2.05, 4.69) is 16.4 Å². The fourth-order valence-corrected chi connectivity index (χ4v) is 2.48. The van der Waals surface area contributed by atoms with Gasteiger partial charge in [0.05, 0.1) is 7.11 Å². The van der Waals surface area contributed by atoms with Crippen LogP contribution in [0.15, 0.2) is 24.3 Å². The van der Waals surface area contributed by atoms with E-state index in [1.807, 2.05) is 38.1 Å². The lowest BCUT2D eigenvalue weighted by Gasteiger charge is -2.14. The van der Waals surface area contributed by atoms with Gasteiger partial charge in [-0.05, 0) is 37.1 Å². The second kappa shape index (κ2) is 6.27. The van der Waals surface area contributed by atoms with Crippen LogP contribution in [0.25, 0.3) is 11.1 Å². The molecule has 0 saturated heterocycles. The van der Waals surface area contributed by atoms with Gasteiger partial charge in [0.25, 0.3) is 0 Å². The highest BCUT2D eigenvalue weighted by Crippen LogP contribution is 2.33. The maximum Gasteiger partial charge on any atom is 0.231 e. The summed E-state index contributed by atoms with van der Waals surface area (Å²) in [6.45, 7) is 5.21. The Labute approximate surface area is 129 Å². The van der Waals surface area contributed by atoms with Crippen molar-refractivity contribution in [3.05, 3.63) is 41.1 Å². The third kappa shape index (κ3) is 2.91. The van der Waals surface area contributed by atoms with Gasteiger partial charge in [-0.3, -0.25) is 4.79 Å². The van der Waals surface area contributed by atoms with E-state index in [1.54, 1.807) is 0 Å². The number of carbonyl (C=O) groups excluding carboxylic acids is 1. The van der Waals surface area contributed by atoms with Crippen molar-refractivity contribution in [3.63, 3.8) is 0 Å². The van der Waals surface area contributed by atoms with Gasteiger partial charge in [-0.1, -0.05) is 12.1 Å². The first-order valence-corrected chi connectivity index (χ1v) is 6.81. The van der Waals surface area contributed by atoms with Crippen LogP contribution in [0, 0.1) is 25.2 Å². The van der Waals surface area contributed by atoms with Crippen LogP contribution in [0.1, 0.15) is 23.7 Å². The Kier molecular flexibility index (Phi) is 4.42. The molecule has 0 bridgehead atoms. The van der Waals surface area contributed by atoms with Gasteiger partial charge in [-0.15, -0.1) is 0 Å². The number of aromatic nitrogens is 1. The number of anilines is 1. The number of hydrogen-bond donors (Lipinski definition) is 1. The standard InChI is InChI=1S/C17H17N3O2/c1-10-15(9-18)17(22-4)19-11(2)16(10)13-6-5-7-14(8-13)20-12(3)21/h5-8H,1-4H3,(H,20,21). The number of nitrogens with zero attached hydrogens (tertiary/aromatic N) is 2. The Morgan fingerprint density at radius 1 is 1.36 bits per heavy atom. The molecule has 0 radical (unpaired) electrons. The number of methoxy groups -OCH3 is 1. The van der Waals surface area contributed by atoms with E-state index in [0.29, 0.717) is 17.1 Å². The topological polar surface area (TPSA) is 75.0 Å². The number of nitriles is 1. The Bertz CT molecular complexity index is 776. The molecule has 1 heterocycles. The van der Waals surface area contributed by atoms with Crippen LogP contribution in [0.2, 0.25) is 0 Å². The number of amides is 1. The quantitative estimate of drug-likeness (QED) is 0.943. The Morgan fingerprint density at radius 2 is 2.09 bits per heavy atom. The number of nitrogens with one attached hydrogen (secondary N) is 1. The Balaban J connectivity index is 2.63. The summed E-state index contributed by atoms with van der Waals surface area (Å²) in [5, 5.41) is 12.1. The van der Waals surface area contributed by atoms with Crippen molar-refractivity contribution in [2.45, 2.75) is 20.8 Å². The van der Waals surface area contributed by atoms with Crippen LogP contribution in [-0.4, -0.2) is 18.0 Å². The number of aryl methyl sites for hydroxylation is 1. The zero-order valence-electron chi connectivity index (χ0n) is 13.0. The van der Waals surface area contributed by atoms with Crippen LogP contribution >= 0.6 is 0 Å². The molecule has 112 valence electrons. The van der Waals surface area contributed by atoms with Crippen LogP contribution in [-0.2, 0) is 4.79 Å². The van der Waals surface area contributed by atoms with Crippen molar-refractivity contribution in [1.29, 1.82) is 5.26 Å². The SMILES string of the molecule is COc1nc(C)c(-c2cccc(NC(C)=O)c2)c(C)c1C#N. The van der Waals surface area contributed by atoms with Gasteiger partial charge < -0.3 is 10.1 Å². The molecule has 1 amide bonds. The van der Waals surface area contributed by atoms with Crippen molar-refractivity contribution < 1.29 is 9.53 Å². The van der Waals surface area contributed by atoms with Crippen molar-refractivity contribution in [2.24, 2.45) is 0 Å². The van der Waals surface area contributed by atoms with Crippen molar-refractivity contribution in [3.8, 4) is 23.1 Å². The first kappa shape index (κ1) is 15.5. The summed E-state index contributed by atoms with van der Waals surface area (Å²) < 4.78 is 5.17.